The minimum atomic E-state index is -4.96. The number of carboxylic acids is 1. The van der Waals surface area contributed by atoms with Gasteiger partial charge in [-0.15, -0.1) is 13.2 Å². The van der Waals surface area contributed by atoms with Gasteiger partial charge in [-0.25, -0.2) is 13.2 Å². The minimum Gasteiger partial charge on any atom is -0.478 e. The number of hydrogen-bond donors (Lipinski definition) is 2. The van der Waals surface area contributed by atoms with Crippen molar-refractivity contribution >= 4 is 39.1 Å². The topological polar surface area (TPSA) is 95.9 Å². The molecular weight excluding hydrogens is 445 g/mol. The Balaban J connectivity index is 1.87. The highest BCUT2D eigenvalue weighted by molar-refractivity contribution is 7.99. The molecule has 1 aliphatic rings. The second-order valence-electron chi connectivity index (χ2n) is 6.26. The van der Waals surface area contributed by atoms with E-state index in [1.807, 2.05) is 4.90 Å². The molecule has 7 nitrogen and oxygen atoms in total. The van der Waals surface area contributed by atoms with Crippen molar-refractivity contribution in [1.29, 1.82) is 0 Å². The predicted molar refractivity (Wildman–Crippen MR) is 107 cm³/mol. The van der Waals surface area contributed by atoms with Gasteiger partial charge in [-0.1, -0.05) is 6.07 Å². The molecule has 162 valence electrons. The van der Waals surface area contributed by atoms with Gasteiger partial charge in [0.25, 0.3) is 10.0 Å². The smallest absolute Gasteiger partial charge is 0.478 e. The van der Waals surface area contributed by atoms with Gasteiger partial charge in [0.1, 0.15) is 5.75 Å². The number of aromatic carboxylic acids is 1. The van der Waals surface area contributed by atoms with Crippen molar-refractivity contribution in [1.82, 2.24) is 0 Å². The highest BCUT2D eigenvalue weighted by Crippen LogP contribution is 2.29. The number of ether oxygens (including phenoxy) is 1. The zero-order valence-corrected chi connectivity index (χ0v) is 17.0. The number of carboxylic acid groups (broad SMARTS) is 1. The predicted octanol–water partition coefficient (Wildman–Crippen LogP) is 3.64. The van der Waals surface area contributed by atoms with Crippen molar-refractivity contribution in [2.24, 2.45) is 0 Å². The number of rotatable bonds is 6. The molecule has 0 spiro atoms. The summed E-state index contributed by atoms with van der Waals surface area (Å²) in [5.74, 6) is -0.201. The summed E-state index contributed by atoms with van der Waals surface area (Å²) in [5, 5.41) is 9.55. The Hall–Kier alpha value is -2.60. The Bertz CT molecular complexity index is 1040. The molecule has 0 atom stereocenters. The number of halogens is 3. The van der Waals surface area contributed by atoms with Gasteiger partial charge in [-0.2, -0.15) is 11.8 Å². The number of anilines is 2. The number of alkyl halides is 3. The van der Waals surface area contributed by atoms with Gasteiger partial charge in [0.05, 0.1) is 16.1 Å². The maximum Gasteiger partial charge on any atom is 0.573 e. The monoisotopic (exact) mass is 462 g/mol. The summed E-state index contributed by atoms with van der Waals surface area (Å²) in [6.07, 6.45) is -4.96. The molecule has 3 rings (SSSR count). The van der Waals surface area contributed by atoms with E-state index in [2.05, 4.69) is 9.46 Å². The van der Waals surface area contributed by atoms with Crippen molar-refractivity contribution < 1.29 is 36.2 Å². The minimum absolute atomic E-state index is 0.0234. The lowest BCUT2D eigenvalue weighted by atomic mass is 10.1. The zero-order chi connectivity index (χ0) is 21.9. The van der Waals surface area contributed by atoms with Crippen LogP contribution in [0.1, 0.15) is 10.4 Å². The molecule has 2 aromatic carbocycles. The molecule has 1 fully saturated rings. The van der Waals surface area contributed by atoms with Crippen LogP contribution in [0.2, 0.25) is 0 Å². The van der Waals surface area contributed by atoms with Crippen LogP contribution < -0.4 is 14.4 Å². The third kappa shape index (κ3) is 5.51. The lowest BCUT2D eigenvalue weighted by Gasteiger charge is -2.29. The molecular formula is C18H17F3N2O5S2. The second-order valence-corrected chi connectivity index (χ2v) is 9.17. The van der Waals surface area contributed by atoms with Crippen LogP contribution in [-0.4, -0.2) is 50.5 Å². The van der Waals surface area contributed by atoms with Crippen LogP contribution in [0.5, 0.6) is 5.75 Å². The van der Waals surface area contributed by atoms with E-state index in [-0.39, 0.29) is 11.3 Å². The van der Waals surface area contributed by atoms with Gasteiger partial charge < -0.3 is 14.7 Å². The SMILES string of the molecule is O=C(O)c1cc(NS(=O)(=O)c2cccc(OC(F)(F)F)c2)ccc1N1CCSCC1. The summed E-state index contributed by atoms with van der Waals surface area (Å²) >= 11 is 1.76. The molecule has 1 saturated heterocycles. The quantitative estimate of drug-likeness (QED) is 0.677. The van der Waals surface area contributed by atoms with E-state index in [4.69, 9.17) is 0 Å². The highest BCUT2D eigenvalue weighted by Gasteiger charge is 2.31. The summed E-state index contributed by atoms with van der Waals surface area (Å²) in [5.41, 5.74) is 0.382. The number of carbonyl (C=O) groups is 1. The van der Waals surface area contributed by atoms with E-state index in [1.165, 1.54) is 18.2 Å². The van der Waals surface area contributed by atoms with Gasteiger partial charge in [-0.3, -0.25) is 4.72 Å². The standard InChI is InChI=1S/C18H17F3N2O5S2/c19-18(20,21)28-13-2-1-3-14(11-13)30(26,27)22-12-4-5-16(15(10-12)17(24)25)23-6-8-29-9-7-23/h1-5,10-11,22H,6-9H2,(H,24,25). The number of benzene rings is 2. The Morgan fingerprint density at radius 2 is 1.83 bits per heavy atom. The Morgan fingerprint density at radius 1 is 1.13 bits per heavy atom. The van der Waals surface area contributed by atoms with Crippen molar-refractivity contribution in [2.75, 3.05) is 34.2 Å². The molecule has 1 aliphatic heterocycles. The first-order chi connectivity index (χ1) is 14.0. The van der Waals surface area contributed by atoms with Crippen molar-refractivity contribution in [3.05, 3.63) is 48.0 Å². The molecule has 0 amide bonds. The summed E-state index contributed by atoms with van der Waals surface area (Å²) in [7, 11) is -4.28. The third-order valence-corrected chi connectivity index (χ3v) is 6.50. The first-order valence-corrected chi connectivity index (χ1v) is 11.3. The first-order valence-electron chi connectivity index (χ1n) is 8.64. The van der Waals surface area contributed by atoms with Crippen molar-refractivity contribution in [3.8, 4) is 5.75 Å². The number of sulfonamides is 1. The normalized spacial score (nSPS) is 15.0. The zero-order valence-electron chi connectivity index (χ0n) is 15.3. The maximum absolute atomic E-state index is 12.6. The molecule has 0 aliphatic carbocycles. The summed E-state index contributed by atoms with van der Waals surface area (Å²) in [4.78, 5) is 13.2. The molecule has 2 N–H and O–H groups in total. The van der Waals surface area contributed by atoms with E-state index in [1.54, 1.807) is 11.8 Å². The Morgan fingerprint density at radius 3 is 2.47 bits per heavy atom. The average molecular weight is 462 g/mol. The molecule has 2 aromatic rings. The highest BCUT2D eigenvalue weighted by atomic mass is 32.2. The number of nitrogens with one attached hydrogen (secondary N) is 1. The van der Waals surface area contributed by atoms with E-state index < -0.39 is 33.0 Å². The number of hydrogen-bond acceptors (Lipinski definition) is 6. The van der Waals surface area contributed by atoms with E-state index in [0.29, 0.717) is 18.8 Å². The van der Waals surface area contributed by atoms with Gasteiger partial charge in [0.15, 0.2) is 0 Å². The van der Waals surface area contributed by atoms with E-state index in [0.717, 1.165) is 35.8 Å². The van der Waals surface area contributed by atoms with E-state index >= 15 is 0 Å². The van der Waals surface area contributed by atoms with Crippen LogP contribution in [0.15, 0.2) is 47.4 Å². The maximum atomic E-state index is 12.6. The molecule has 30 heavy (non-hydrogen) atoms. The molecule has 0 unspecified atom stereocenters. The lowest BCUT2D eigenvalue weighted by molar-refractivity contribution is -0.274. The second kappa shape index (κ2) is 8.64. The number of thioether (sulfide) groups is 1. The molecule has 0 radical (unpaired) electrons. The molecule has 0 aromatic heterocycles. The van der Waals surface area contributed by atoms with Crippen molar-refractivity contribution in [3.63, 3.8) is 0 Å². The molecule has 0 saturated carbocycles. The summed E-state index contributed by atoms with van der Waals surface area (Å²) in [6.45, 7) is 1.34. The van der Waals surface area contributed by atoms with Gasteiger partial charge >= 0.3 is 12.3 Å². The first kappa shape index (κ1) is 22.1. The Kier molecular flexibility index (Phi) is 6.36. The lowest BCUT2D eigenvalue weighted by Crippen LogP contribution is -2.33. The van der Waals surface area contributed by atoms with Gasteiger partial charge in [0, 0.05) is 36.3 Å². The number of nitrogens with zero attached hydrogens (tertiary/aromatic N) is 1. The largest absolute Gasteiger partial charge is 0.573 e. The van der Waals surface area contributed by atoms with Crippen LogP contribution in [0.3, 0.4) is 0 Å². The van der Waals surface area contributed by atoms with Crippen LogP contribution in [0.25, 0.3) is 0 Å². The average Bonchev–Trinajstić information content (AvgIpc) is 2.67. The van der Waals surface area contributed by atoms with Gasteiger partial charge in [0.2, 0.25) is 0 Å². The van der Waals surface area contributed by atoms with Crippen LogP contribution >= 0.6 is 11.8 Å². The van der Waals surface area contributed by atoms with Crippen LogP contribution in [-0.2, 0) is 10.0 Å². The fourth-order valence-electron chi connectivity index (χ4n) is 2.90. The fourth-order valence-corrected chi connectivity index (χ4v) is 4.89. The van der Waals surface area contributed by atoms with Crippen LogP contribution in [0, 0.1) is 0 Å². The van der Waals surface area contributed by atoms with Gasteiger partial charge in [-0.05, 0) is 30.3 Å². The Labute approximate surface area is 174 Å². The molecule has 12 heteroatoms. The molecule has 1 heterocycles. The van der Waals surface area contributed by atoms with E-state index in [9.17, 15) is 31.5 Å². The third-order valence-electron chi connectivity index (χ3n) is 4.18. The summed E-state index contributed by atoms with van der Waals surface area (Å²) < 4.78 is 68.2. The van der Waals surface area contributed by atoms with Crippen molar-refractivity contribution in [2.45, 2.75) is 11.3 Å². The van der Waals surface area contributed by atoms with Crippen LogP contribution in [0.4, 0.5) is 24.5 Å². The fraction of sp³-hybridized carbons (Fsp3) is 0.278. The summed E-state index contributed by atoms with van der Waals surface area (Å²) in [6, 6.07) is 8.03. The molecule has 0 bridgehead atoms.